The zero-order valence-electron chi connectivity index (χ0n) is 27.4. The number of fused-ring (bicyclic) bond motifs is 1. The van der Waals surface area contributed by atoms with E-state index in [1.54, 1.807) is 20.8 Å². The molecule has 0 spiro atoms. The third-order valence-electron chi connectivity index (χ3n) is 7.88. The van der Waals surface area contributed by atoms with E-state index in [2.05, 4.69) is 20.8 Å². The van der Waals surface area contributed by atoms with Gasteiger partial charge in [0.05, 0.1) is 32.8 Å². The van der Waals surface area contributed by atoms with Crippen molar-refractivity contribution in [2.45, 2.75) is 16.8 Å². The molecule has 7 N–H and O–H groups in total. The lowest BCUT2D eigenvalue weighted by Gasteiger charge is -2.31. The molecule has 276 valence electrons. The molecule has 1 unspecified atom stereocenters. The molecule has 0 bridgehead atoms. The number of hydrogen-bond donors (Lipinski definition) is 6. The largest absolute Gasteiger partial charge is 0.480 e. The van der Waals surface area contributed by atoms with Gasteiger partial charge in [-0.3, -0.25) is 48.9 Å². The molecule has 0 aliphatic carbocycles. The van der Waals surface area contributed by atoms with Crippen molar-refractivity contribution in [3.63, 3.8) is 0 Å². The van der Waals surface area contributed by atoms with Crippen LogP contribution >= 0.6 is 11.3 Å². The standard InChI is InChI=1S/C30H39N9O10S2/c31-51(48,49)30-35-34-29(50-30)33-28(47)23(14-21-6-3-5-20-4-1-2-7-22(20)21)32-24(40)15-38-12-10-36(16-25(41)42)8-9-37(17-26(43)44)11-13-39(19-38)18-27(45)46/h1-7,23H,8-19H2,(H,32,40)(H,41,42)(H,43,44)(H,45,46)(H2,31,48,49)(H,33,34,47). The van der Waals surface area contributed by atoms with Crippen LogP contribution in [0.15, 0.2) is 46.8 Å². The van der Waals surface area contributed by atoms with Crippen LogP contribution in [0, 0.1) is 0 Å². The quantitative estimate of drug-likeness (QED) is 0.102. The summed E-state index contributed by atoms with van der Waals surface area (Å²) in [5.41, 5.74) is 0.731. The van der Waals surface area contributed by atoms with Gasteiger partial charge in [0.15, 0.2) is 0 Å². The number of primary sulfonamides is 1. The predicted molar refractivity (Wildman–Crippen MR) is 183 cm³/mol. The number of amides is 2. The molecule has 4 rings (SSSR count). The van der Waals surface area contributed by atoms with Crippen molar-refractivity contribution in [1.29, 1.82) is 0 Å². The molecule has 1 atom stereocenters. The smallest absolute Gasteiger partial charge is 0.317 e. The maximum atomic E-state index is 13.7. The second kappa shape index (κ2) is 18.0. The molecule has 19 nitrogen and oxygen atoms in total. The summed E-state index contributed by atoms with van der Waals surface area (Å²) in [6.45, 7) is -0.386. The van der Waals surface area contributed by atoms with E-state index in [9.17, 15) is 47.7 Å². The Morgan fingerprint density at radius 3 is 1.86 bits per heavy atom. The average molecular weight is 750 g/mol. The highest BCUT2D eigenvalue weighted by molar-refractivity contribution is 7.91. The SMILES string of the molecule is NS(=O)(=O)c1nnc(NC(=O)C(Cc2cccc3ccccc23)NC(=O)CN2CCN(CC(=O)O)CCN(CC(=O)O)CCN(CC(=O)O)C2)s1. The minimum atomic E-state index is -4.18. The van der Waals surface area contributed by atoms with Gasteiger partial charge in [0, 0.05) is 45.7 Å². The number of nitrogens with one attached hydrogen (secondary N) is 2. The highest BCUT2D eigenvalue weighted by Gasteiger charge is 2.27. The van der Waals surface area contributed by atoms with Crippen LogP contribution in [0.4, 0.5) is 5.13 Å². The van der Waals surface area contributed by atoms with Gasteiger partial charge in [-0.25, -0.2) is 13.6 Å². The topological polar surface area (TPSA) is 269 Å². The molecule has 0 saturated carbocycles. The Labute approximate surface area is 296 Å². The van der Waals surface area contributed by atoms with Gasteiger partial charge in [-0.05, 0) is 16.3 Å². The first-order valence-corrected chi connectivity index (χ1v) is 18.0. The fourth-order valence-electron chi connectivity index (χ4n) is 5.56. The molecule has 2 heterocycles. The summed E-state index contributed by atoms with van der Waals surface area (Å²) in [5, 5.41) is 47.6. The van der Waals surface area contributed by atoms with Gasteiger partial charge in [-0.15, -0.1) is 10.2 Å². The number of benzene rings is 2. The van der Waals surface area contributed by atoms with E-state index in [1.165, 1.54) is 4.90 Å². The molecule has 1 aromatic heterocycles. The molecule has 3 aromatic rings. The summed E-state index contributed by atoms with van der Waals surface area (Å²) in [4.78, 5) is 68.4. The molecule has 51 heavy (non-hydrogen) atoms. The van der Waals surface area contributed by atoms with Crippen molar-refractivity contribution in [2.75, 3.05) is 77.4 Å². The number of carboxylic acids is 3. The van der Waals surface area contributed by atoms with Gasteiger partial charge in [0.2, 0.25) is 21.3 Å². The number of sulfonamides is 1. The number of hydrogen-bond acceptors (Lipinski definition) is 14. The summed E-state index contributed by atoms with van der Waals surface area (Å²) in [6.07, 6.45) is 0.0245. The lowest BCUT2D eigenvalue weighted by Crippen LogP contribution is -2.51. The lowest BCUT2D eigenvalue weighted by atomic mass is 9.98. The van der Waals surface area contributed by atoms with Crippen LogP contribution in [-0.2, 0) is 40.4 Å². The van der Waals surface area contributed by atoms with E-state index in [0.29, 0.717) is 11.3 Å². The number of nitrogens with zero attached hydrogens (tertiary/aromatic N) is 6. The van der Waals surface area contributed by atoms with Crippen molar-refractivity contribution in [3.05, 3.63) is 48.0 Å². The van der Waals surface area contributed by atoms with Crippen LogP contribution in [0.5, 0.6) is 0 Å². The number of aliphatic carboxylic acids is 3. The third-order valence-corrected chi connectivity index (χ3v) is 10.0. The highest BCUT2D eigenvalue weighted by atomic mass is 32.2. The van der Waals surface area contributed by atoms with Crippen LogP contribution in [0.1, 0.15) is 5.56 Å². The second-order valence-corrected chi connectivity index (χ2v) is 14.6. The van der Waals surface area contributed by atoms with Crippen molar-refractivity contribution < 1.29 is 47.7 Å². The number of aromatic nitrogens is 2. The number of carboxylic acid groups (broad SMARTS) is 3. The summed E-state index contributed by atoms with van der Waals surface area (Å²) < 4.78 is 22.9. The maximum absolute atomic E-state index is 13.7. The van der Waals surface area contributed by atoms with E-state index in [1.807, 2.05) is 36.4 Å². The van der Waals surface area contributed by atoms with Crippen molar-refractivity contribution >= 4 is 67.0 Å². The van der Waals surface area contributed by atoms with E-state index < -0.39 is 56.7 Å². The molecule has 0 radical (unpaired) electrons. The summed E-state index contributed by atoms with van der Waals surface area (Å²) in [7, 11) is -4.18. The Morgan fingerprint density at radius 1 is 0.765 bits per heavy atom. The van der Waals surface area contributed by atoms with Crippen LogP contribution in [0.25, 0.3) is 10.8 Å². The first kappa shape index (κ1) is 39.2. The number of nitrogens with two attached hydrogens (primary N) is 1. The van der Waals surface area contributed by atoms with E-state index in [4.69, 9.17) is 5.14 Å². The van der Waals surface area contributed by atoms with Gasteiger partial charge < -0.3 is 20.6 Å². The van der Waals surface area contributed by atoms with Crippen molar-refractivity contribution in [1.82, 2.24) is 35.1 Å². The van der Waals surface area contributed by atoms with Gasteiger partial charge in [-0.1, -0.05) is 53.8 Å². The molecular formula is C30H39N9O10S2. The van der Waals surface area contributed by atoms with Crippen LogP contribution in [0.3, 0.4) is 0 Å². The predicted octanol–water partition coefficient (Wildman–Crippen LogP) is -1.56. The first-order valence-electron chi connectivity index (χ1n) is 15.6. The molecule has 21 heteroatoms. The molecule has 1 aliphatic rings. The second-order valence-electron chi connectivity index (χ2n) is 11.8. The fourth-order valence-corrected chi connectivity index (χ4v) is 6.89. The first-order chi connectivity index (χ1) is 24.2. The molecule has 1 aliphatic heterocycles. The van der Waals surface area contributed by atoms with Crippen LogP contribution < -0.4 is 15.8 Å². The minimum absolute atomic E-state index is 0.0245. The van der Waals surface area contributed by atoms with E-state index in [-0.39, 0.29) is 77.1 Å². The van der Waals surface area contributed by atoms with Crippen LogP contribution in [0.2, 0.25) is 0 Å². The molecule has 1 saturated heterocycles. The number of rotatable bonds is 14. The van der Waals surface area contributed by atoms with E-state index >= 15 is 0 Å². The summed E-state index contributed by atoms with van der Waals surface area (Å²) in [5.74, 6) is -4.65. The Bertz CT molecular complexity index is 1840. The molecular weight excluding hydrogens is 711 g/mol. The zero-order valence-corrected chi connectivity index (χ0v) is 29.0. The summed E-state index contributed by atoms with van der Waals surface area (Å²) >= 11 is 0.540. The third kappa shape index (κ3) is 12.6. The zero-order chi connectivity index (χ0) is 37.1. The average Bonchev–Trinajstić information content (AvgIpc) is 3.51. The van der Waals surface area contributed by atoms with Gasteiger partial charge >= 0.3 is 17.9 Å². The fraction of sp³-hybridized carbons (Fsp3) is 0.433. The Hall–Kier alpha value is -4.64. The maximum Gasteiger partial charge on any atom is 0.317 e. The highest BCUT2D eigenvalue weighted by Crippen LogP contribution is 2.22. The van der Waals surface area contributed by atoms with Crippen molar-refractivity contribution in [2.24, 2.45) is 5.14 Å². The Kier molecular flexibility index (Phi) is 13.8. The summed E-state index contributed by atoms with van der Waals surface area (Å²) in [6, 6.07) is 11.8. The normalized spacial score (nSPS) is 16.6. The number of anilines is 1. The minimum Gasteiger partial charge on any atom is -0.480 e. The Morgan fingerprint density at radius 2 is 1.29 bits per heavy atom. The molecule has 1 fully saturated rings. The van der Waals surface area contributed by atoms with Crippen molar-refractivity contribution in [3.8, 4) is 0 Å². The van der Waals surface area contributed by atoms with Gasteiger partial charge in [0.25, 0.3) is 10.0 Å². The van der Waals surface area contributed by atoms with Crippen LogP contribution in [-0.4, -0.2) is 161 Å². The van der Waals surface area contributed by atoms with Gasteiger partial charge in [0.1, 0.15) is 6.04 Å². The number of carbonyl (C=O) groups excluding carboxylic acids is 2. The molecule has 2 aromatic carbocycles. The number of carbonyl (C=O) groups is 5. The van der Waals surface area contributed by atoms with E-state index in [0.717, 1.165) is 16.3 Å². The lowest BCUT2D eigenvalue weighted by molar-refractivity contribution is -0.140. The monoisotopic (exact) mass is 749 g/mol. The van der Waals surface area contributed by atoms with Gasteiger partial charge in [-0.2, -0.15) is 0 Å². The molecule has 2 amide bonds. The Balaban J connectivity index is 1.57.